The number of aromatic nitrogens is 1. The van der Waals surface area contributed by atoms with Crippen LogP contribution in [0.25, 0.3) is 10.9 Å². The molecule has 5 nitrogen and oxygen atoms in total. The predicted molar refractivity (Wildman–Crippen MR) is 86.2 cm³/mol. The Morgan fingerprint density at radius 3 is 2.68 bits per heavy atom. The maximum Gasteiger partial charge on any atom is 0.341 e. The third kappa shape index (κ3) is 1.98. The highest BCUT2D eigenvalue weighted by molar-refractivity contribution is 5.95. The molecular weight excluding hydrogens is 332 g/mol. The summed E-state index contributed by atoms with van der Waals surface area (Å²) in [4.78, 5) is 24.0. The molecule has 7 heteroatoms. The number of pyridine rings is 1. The minimum Gasteiger partial charge on any atom is -0.483 e. The van der Waals surface area contributed by atoms with Gasteiger partial charge in [-0.2, -0.15) is 4.39 Å². The van der Waals surface area contributed by atoms with E-state index in [-0.39, 0.29) is 16.7 Å². The van der Waals surface area contributed by atoms with Crippen LogP contribution >= 0.6 is 0 Å². The normalized spacial score (nSPS) is 20.8. The first-order valence-corrected chi connectivity index (χ1v) is 8.38. The zero-order chi connectivity index (χ0) is 17.9. The largest absolute Gasteiger partial charge is 0.483 e. The van der Waals surface area contributed by atoms with E-state index in [1.807, 2.05) is 6.92 Å². The molecule has 0 amide bonds. The van der Waals surface area contributed by atoms with Gasteiger partial charge in [0.15, 0.2) is 11.6 Å². The smallest absolute Gasteiger partial charge is 0.341 e. The summed E-state index contributed by atoms with van der Waals surface area (Å²) in [5.74, 6) is -4.04. The third-order valence-electron chi connectivity index (χ3n) is 5.55. The molecule has 0 radical (unpaired) electrons. The van der Waals surface area contributed by atoms with Crippen molar-refractivity contribution in [3.63, 3.8) is 0 Å². The molecule has 1 N–H and O–H groups in total. The summed E-state index contributed by atoms with van der Waals surface area (Å²) in [5.41, 5.74) is -1.65. The first-order chi connectivity index (χ1) is 11.9. The van der Waals surface area contributed by atoms with E-state index in [0.29, 0.717) is 6.42 Å². The van der Waals surface area contributed by atoms with Crippen LogP contribution in [0.5, 0.6) is 5.75 Å². The van der Waals surface area contributed by atoms with E-state index in [2.05, 4.69) is 0 Å². The minimum atomic E-state index is -1.38. The molecule has 2 aromatic rings. The minimum absolute atomic E-state index is 0.153. The molecular formula is C18H17F2NO4. The fourth-order valence-corrected chi connectivity index (χ4v) is 4.43. The number of rotatable bonds is 2. The maximum atomic E-state index is 14.4. The van der Waals surface area contributed by atoms with Gasteiger partial charge in [0.25, 0.3) is 0 Å². The Balaban J connectivity index is 2.20. The highest BCUT2D eigenvalue weighted by Crippen LogP contribution is 2.49. The van der Waals surface area contributed by atoms with Gasteiger partial charge in [0.05, 0.1) is 16.4 Å². The first-order valence-electron chi connectivity index (χ1n) is 8.38. The Morgan fingerprint density at radius 2 is 2.08 bits per heavy atom. The van der Waals surface area contributed by atoms with Crippen molar-refractivity contribution in [3.05, 3.63) is 39.7 Å². The molecule has 1 aromatic carbocycles. The Labute approximate surface area is 141 Å². The number of halogens is 2. The molecule has 0 saturated heterocycles. The second-order valence-corrected chi connectivity index (χ2v) is 6.77. The zero-order valence-electron chi connectivity index (χ0n) is 13.6. The van der Waals surface area contributed by atoms with E-state index in [9.17, 15) is 23.5 Å². The molecule has 1 fully saturated rings. The number of carboxylic acid groups (broad SMARTS) is 1. The Bertz CT molecular complexity index is 960. The van der Waals surface area contributed by atoms with Crippen molar-refractivity contribution in [3.8, 4) is 5.75 Å². The van der Waals surface area contributed by atoms with Crippen LogP contribution in [0.2, 0.25) is 0 Å². The van der Waals surface area contributed by atoms with Crippen LogP contribution in [-0.4, -0.2) is 21.7 Å². The summed E-state index contributed by atoms with van der Waals surface area (Å²) < 4.78 is 35.9. The molecule has 1 spiro atoms. The van der Waals surface area contributed by atoms with Crippen molar-refractivity contribution in [2.24, 2.45) is 0 Å². The number of hydrogen-bond donors (Lipinski definition) is 1. The average Bonchev–Trinajstić information content (AvgIpc) is 3.06. The molecule has 1 unspecified atom stereocenters. The predicted octanol–water partition coefficient (Wildman–Crippen LogP) is 3.42. The van der Waals surface area contributed by atoms with Gasteiger partial charge in [-0.05, 0) is 25.3 Å². The fourth-order valence-electron chi connectivity index (χ4n) is 4.43. The molecule has 2 heterocycles. The van der Waals surface area contributed by atoms with Gasteiger partial charge >= 0.3 is 5.97 Å². The van der Waals surface area contributed by atoms with E-state index >= 15 is 0 Å². The standard InChI is InChI=1S/C18H17F2NO4/c1-2-12-18(5-3-4-6-18)21-8-10(17(23)24)15(22)9-7-11(19)13(20)16(25-12)14(9)21/h7-8,12H,2-6H2,1H3,(H,23,24). The zero-order valence-corrected chi connectivity index (χ0v) is 13.6. The SMILES string of the molecule is CCC1Oc2c(F)c(F)cc3c(=O)c(C(=O)O)cn(c23)C12CCCC2. The Morgan fingerprint density at radius 1 is 1.40 bits per heavy atom. The topological polar surface area (TPSA) is 68.5 Å². The highest BCUT2D eigenvalue weighted by Gasteiger charge is 2.48. The number of nitrogens with zero attached hydrogens (tertiary/aromatic N) is 1. The number of aromatic carboxylic acids is 1. The number of fused-ring (bicyclic) bond motifs is 1. The lowest BCUT2D eigenvalue weighted by Crippen LogP contribution is -2.49. The number of benzene rings is 1. The van der Waals surface area contributed by atoms with Crippen molar-refractivity contribution in [2.75, 3.05) is 0 Å². The van der Waals surface area contributed by atoms with Crippen LogP contribution in [-0.2, 0) is 5.54 Å². The lowest BCUT2D eigenvalue weighted by molar-refractivity contribution is 0.0401. The summed E-state index contributed by atoms with van der Waals surface area (Å²) in [7, 11) is 0. The molecule has 2 aliphatic rings. The van der Waals surface area contributed by atoms with Crippen molar-refractivity contribution >= 4 is 16.9 Å². The van der Waals surface area contributed by atoms with Gasteiger partial charge in [-0.25, -0.2) is 9.18 Å². The summed E-state index contributed by atoms with van der Waals surface area (Å²) in [6, 6.07) is 0.776. The molecule has 0 bridgehead atoms. The highest BCUT2D eigenvalue weighted by atomic mass is 19.2. The van der Waals surface area contributed by atoms with Gasteiger partial charge in [-0.3, -0.25) is 4.79 Å². The summed E-state index contributed by atoms with van der Waals surface area (Å²) >= 11 is 0. The molecule has 1 saturated carbocycles. The van der Waals surface area contributed by atoms with E-state index in [1.54, 1.807) is 4.57 Å². The lowest BCUT2D eigenvalue weighted by Gasteiger charge is -2.44. The van der Waals surface area contributed by atoms with Gasteiger partial charge in [0, 0.05) is 6.20 Å². The van der Waals surface area contributed by atoms with Crippen molar-refractivity contribution in [1.29, 1.82) is 0 Å². The summed E-state index contributed by atoms with van der Waals surface area (Å²) in [6.45, 7) is 1.89. The van der Waals surface area contributed by atoms with E-state index in [0.717, 1.165) is 31.7 Å². The number of carbonyl (C=O) groups is 1. The number of hydrogen-bond acceptors (Lipinski definition) is 3. The third-order valence-corrected chi connectivity index (χ3v) is 5.55. The number of carboxylic acids is 1. The quantitative estimate of drug-likeness (QED) is 0.902. The van der Waals surface area contributed by atoms with Crippen LogP contribution < -0.4 is 10.2 Å². The van der Waals surface area contributed by atoms with E-state index in [1.165, 1.54) is 6.20 Å². The first kappa shape index (κ1) is 16.1. The van der Waals surface area contributed by atoms with Crippen molar-refractivity contribution < 1.29 is 23.4 Å². The van der Waals surface area contributed by atoms with Gasteiger partial charge in [-0.15, -0.1) is 0 Å². The van der Waals surface area contributed by atoms with Crippen LogP contribution in [0.15, 0.2) is 17.1 Å². The van der Waals surface area contributed by atoms with Crippen LogP contribution in [0.4, 0.5) is 8.78 Å². The molecule has 1 aliphatic heterocycles. The Hall–Kier alpha value is -2.44. The van der Waals surface area contributed by atoms with E-state index in [4.69, 9.17) is 4.74 Å². The van der Waals surface area contributed by atoms with Gasteiger partial charge < -0.3 is 14.4 Å². The van der Waals surface area contributed by atoms with Crippen LogP contribution in [0.3, 0.4) is 0 Å². The fraction of sp³-hybridized carbons (Fsp3) is 0.444. The van der Waals surface area contributed by atoms with Gasteiger partial charge in [0.2, 0.25) is 11.2 Å². The Kier molecular flexibility index (Phi) is 3.39. The second-order valence-electron chi connectivity index (χ2n) is 6.77. The monoisotopic (exact) mass is 349 g/mol. The van der Waals surface area contributed by atoms with Crippen LogP contribution in [0, 0.1) is 11.6 Å². The van der Waals surface area contributed by atoms with Crippen molar-refractivity contribution in [1.82, 2.24) is 4.57 Å². The molecule has 1 atom stereocenters. The molecule has 4 rings (SSSR count). The molecule has 1 aromatic heterocycles. The van der Waals surface area contributed by atoms with Crippen LogP contribution in [0.1, 0.15) is 49.4 Å². The number of ether oxygens (including phenoxy) is 1. The molecule has 1 aliphatic carbocycles. The molecule has 132 valence electrons. The van der Waals surface area contributed by atoms with E-state index < -0.39 is 40.2 Å². The molecule has 25 heavy (non-hydrogen) atoms. The average molecular weight is 349 g/mol. The summed E-state index contributed by atoms with van der Waals surface area (Å²) in [6.07, 6.45) is 4.76. The lowest BCUT2D eigenvalue weighted by atomic mass is 9.85. The van der Waals surface area contributed by atoms with Gasteiger partial charge in [-0.1, -0.05) is 19.8 Å². The second kappa shape index (κ2) is 5.28. The summed E-state index contributed by atoms with van der Waals surface area (Å²) in [5, 5.41) is 9.24. The van der Waals surface area contributed by atoms with Gasteiger partial charge in [0.1, 0.15) is 11.7 Å². The maximum absolute atomic E-state index is 14.4. The van der Waals surface area contributed by atoms with Crippen molar-refractivity contribution in [2.45, 2.75) is 50.7 Å².